The summed E-state index contributed by atoms with van der Waals surface area (Å²) in [6, 6.07) is 18.9. The van der Waals surface area contributed by atoms with Crippen LogP contribution in [0.3, 0.4) is 0 Å². The molecule has 9 heteroatoms. The number of carbonyl (C=O) groups is 1. The van der Waals surface area contributed by atoms with E-state index in [1.54, 1.807) is 22.8 Å². The van der Waals surface area contributed by atoms with Crippen LogP contribution in [-0.2, 0) is 34.3 Å². The number of halogens is 1. The number of sulfonamides is 1. The Labute approximate surface area is 203 Å². The highest BCUT2D eigenvalue weighted by Gasteiger charge is 2.26. The van der Waals surface area contributed by atoms with Crippen LogP contribution < -0.4 is 4.31 Å². The summed E-state index contributed by atoms with van der Waals surface area (Å²) < 4.78 is 43.7. The van der Waals surface area contributed by atoms with Crippen LogP contribution in [0.5, 0.6) is 0 Å². The van der Waals surface area contributed by atoms with Crippen molar-refractivity contribution in [3.63, 3.8) is 0 Å². The number of benzene rings is 3. The second-order valence-corrected chi connectivity index (χ2v) is 10.1. The first-order chi connectivity index (χ1) is 16.8. The van der Waals surface area contributed by atoms with E-state index in [1.165, 1.54) is 16.4 Å². The van der Waals surface area contributed by atoms with E-state index >= 15 is 0 Å². The number of hydrogen-bond acceptors (Lipinski definition) is 4. The molecule has 4 aromatic rings. The van der Waals surface area contributed by atoms with Crippen molar-refractivity contribution < 1.29 is 22.7 Å². The lowest BCUT2D eigenvalue weighted by molar-refractivity contribution is -0.137. The van der Waals surface area contributed by atoms with Crippen LogP contribution in [0.15, 0.2) is 77.7 Å². The minimum absolute atomic E-state index is 0.0324. The average molecular weight is 496 g/mol. The topological polar surface area (TPSA) is 92.5 Å². The van der Waals surface area contributed by atoms with Gasteiger partial charge in [0.1, 0.15) is 18.2 Å². The predicted molar refractivity (Wildman–Crippen MR) is 132 cm³/mol. The third-order valence-electron chi connectivity index (χ3n) is 5.72. The Kier molecular flexibility index (Phi) is 7.16. The quantitative estimate of drug-likeness (QED) is 0.334. The molecule has 0 unspecified atom stereocenters. The lowest BCUT2D eigenvalue weighted by Crippen LogP contribution is -2.30. The van der Waals surface area contributed by atoms with Crippen LogP contribution in [0.1, 0.15) is 31.2 Å². The average Bonchev–Trinajstić information content (AvgIpc) is 3.17. The molecule has 182 valence electrons. The number of anilines is 1. The Bertz CT molecular complexity index is 1430. The van der Waals surface area contributed by atoms with Crippen molar-refractivity contribution in [1.82, 2.24) is 9.55 Å². The molecule has 4 rings (SSSR count). The fraction of sp³-hybridized carbons (Fsp3) is 0.231. The van der Waals surface area contributed by atoms with Gasteiger partial charge in [-0.15, -0.1) is 0 Å². The van der Waals surface area contributed by atoms with Crippen molar-refractivity contribution >= 4 is 32.7 Å². The van der Waals surface area contributed by atoms with Crippen LogP contribution in [0, 0.1) is 5.82 Å². The van der Waals surface area contributed by atoms with Crippen molar-refractivity contribution in [1.29, 1.82) is 0 Å². The maximum Gasteiger partial charge on any atom is 0.323 e. The molecule has 1 heterocycles. The van der Waals surface area contributed by atoms with E-state index in [2.05, 4.69) is 4.98 Å². The van der Waals surface area contributed by atoms with Gasteiger partial charge in [-0.05, 0) is 54.4 Å². The zero-order valence-electron chi connectivity index (χ0n) is 19.3. The van der Waals surface area contributed by atoms with Crippen LogP contribution in [0.4, 0.5) is 10.1 Å². The molecule has 1 aromatic heterocycles. The number of imidazole rings is 1. The Morgan fingerprint density at radius 2 is 1.77 bits per heavy atom. The Morgan fingerprint density at radius 1 is 1.06 bits per heavy atom. The number of nitrogens with zero attached hydrogens (tertiary/aromatic N) is 3. The van der Waals surface area contributed by atoms with Crippen molar-refractivity contribution in [2.45, 2.75) is 44.2 Å². The van der Waals surface area contributed by atoms with Gasteiger partial charge in [0.2, 0.25) is 0 Å². The summed E-state index contributed by atoms with van der Waals surface area (Å²) in [6.07, 6.45) is 2.41. The number of fused-ring (bicyclic) bond motifs is 1. The van der Waals surface area contributed by atoms with Gasteiger partial charge in [-0.3, -0.25) is 9.10 Å². The van der Waals surface area contributed by atoms with Gasteiger partial charge in [-0.2, -0.15) is 0 Å². The van der Waals surface area contributed by atoms with Crippen molar-refractivity contribution in [3.05, 3.63) is 90.0 Å². The first-order valence-electron chi connectivity index (χ1n) is 11.3. The standard InChI is InChI=1S/C26H26FN3O4S/c1-2-3-9-25-28-23-16-21(12-15-24(23)29(25)18-26(31)32)30(17-19-7-5-4-6-8-19)35(33,34)22-13-10-20(27)11-14-22/h4-8,10-16H,2-3,9,17-18H2,1H3,(H,31,32). The maximum absolute atomic E-state index is 13.6. The van der Waals surface area contributed by atoms with Gasteiger partial charge in [0, 0.05) is 6.42 Å². The minimum atomic E-state index is -4.04. The predicted octanol–water partition coefficient (Wildman–Crippen LogP) is 5.00. The summed E-state index contributed by atoms with van der Waals surface area (Å²) in [6.45, 7) is 1.88. The lowest BCUT2D eigenvalue weighted by atomic mass is 10.2. The molecule has 0 aliphatic heterocycles. The van der Waals surface area contributed by atoms with Crippen molar-refractivity contribution in [3.8, 4) is 0 Å². The molecule has 0 fully saturated rings. The van der Waals surface area contributed by atoms with Gasteiger partial charge in [0.15, 0.2) is 0 Å². The summed E-state index contributed by atoms with van der Waals surface area (Å²) >= 11 is 0. The van der Waals surface area contributed by atoms with E-state index in [-0.39, 0.29) is 18.0 Å². The molecule has 7 nitrogen and oxygen atoms in total. The largest absolute Gasteiger partial charge is 0.480 e. The molecule has 0 spiro atoms. The lowest BCUT2D eigenvalue weighted by Gasteiger charge is -2.25. The summed E-state index contributed by atoms with van der Waals surface area (Å²) in [5, 5.41) is 9.39. The van der Waals surface area contributed by atoms with E-state index in [4.69, 9.17) is 0 Å². The molecule has 0 saturated heterocycles. The molecule has 0 amide bonds. The molecule has 0 bridgehead atoms. The molecule has 0 atom stereocenters. The highest BCUT2D eigenvalue weighted by Crippen LogP contribution is 2.30. The third-order valence-corrected chi connectivity index (χ3v) is 7.50. The van der Waals surface area contributed by atoms with E-state index < -0.39 is 21.8 Å². The Morgan fingerprint density at radius 3 is 2.43 bits per heavy atom. The van der Waals surface area contributed by atoms with E-state index in [0.29, 0.717) is 29.0 Å². The molecule has 1 N–H and O–H groups in total. The highest BCUT2D eigenvalue weighted by atomic mass is 32.2. The van der Waals surface area contributed by atoms with Crippen molar-refractivity contribution in [2.75, 3.05) is 4.31 Å². The minimum Gasteiger partial charge on any atom is -0.480 e. The third kappa shape index (κ3) is 5.35. The van der Waals surface area contributed by atoms with Gasteiger partial charge >= 0.3 is 5.97 Å². The number of aryl methyl sites for hydroxylation is 1. The first kappa shape index (κ1) is 24.4. The fourth-order valence-electron chi connectivity index (χ4n) is 3.96. The molecule has 0 aliphatic rings. The maximum atomic E-state index is 13.6. The van der Waals surface area contributed by atoms with Crippen LogP contribution in [0.2, 0.25) is 0 Å². The Balaban J connectivity index is 1.83. The number of aromatic nitrogens is 2. The SMILES string of the molecule is CCCCc1nc2cc(N(Cc3ccccc3)S(=O)(=O)c3ccc(F)cc3)ccc2n1CC(=O)O. The fourth-order valence-corrected chi connectivity index (χ4v) is 5.40. The van der Waals surface area contributed by atoms with Crippen molar-refractivity contribution in [2.24, 2.45) is 0 Å². The number of carboxylic acids is 1. The first-order valence-corrected chi connectivity index (χ1v) is 12.8. The van der Waals surface area contributed by atoms with E-state index in [9.17, 15) is 22.7 Å². The zero-order chi connectivity index (χ0) is 25.0. The second-order valence-electron chi connectivity index (χ2n) is 8.24. The van der Waals surface area contributed by atoms with Gasteiger partial charge < -0.3 is 9.67 Å². The van der Waals surface area contributed by atoms with Gasteiger partial charge in [0.25, 0.3) is 10.0 Å². The molecule has 3 aromatic carbocycles. The normalized spacial score (nSPS) is 11.6. The van der Waals surface area contributed by atoms with Crippen LogP contribution in [-0.4, -0.2) is 29.0 Å². The van der Waals surface area contributed by atoms with Gasteiger partial charge in [0.05, 0.1) is 28.2 Å². The van der Waals surface area contributed by atoms with Gasteiger partial charge in [-0.1, -0.05) is 43.7 Å². The highest BCUT2D eigenvalue weighted by molar-refractivity contribution is 7.92. The number of carboxylic acid groups (broad SMARTS) is 1. The Hall–Kier alpha value is -3.72. The molecule has 0 radical (unpaired) electrons. The van der Waals surface area contributed by atoms with E-state index in [1.807, 2.05) is 37.3 Å². The summed E-state index contributed by atoms with van der Waals surface area (Å²) in [5.74, 6) is -0.850. The molecular weight excluding hydrogens is 469 g/mol. The number of rotatable bonds is 10. The second kappa shape index (κ2) is 10.3. The van der Waals surface area contributed by atoms with Crippen LogP contribution >= 0.6 is 0 Å². The molecule has 35 heavy (non-hydrogen) atoms. The zero-order valence-corrected chi connectivity index (χ0v) is 20.1. The summed E-state index contributed by atoms with van der Waals surface area (Å²) in [5.41, 5.74) is 2.30. The van der Waals surface area contributed by atoms with E-state index in [0.717, 1.165) is 30.5 Å². The monoisotopic (exact) mass is 495 g/mol. The number of aliphatic carboxylic acids is 1. The number of hydrogen-bond donors (Lipinski definition) is 1. The number of unbranched alkanes of at least 4 members (excludes halogenated alkanes) is 1. The van der Waals surface area contributed by atoms with Crippen LogP contribution in [0.25, 0.3) is 11.0 Å². The molecule has 0 saturated carbocycles. The smallest absolute Gasteiger partial charge is 0.323 e. The molecular formula is C26H26FN3O4S. The molecule has 0 aliphatic carbocycles. The summed E-state index contributed by atoms with van der Waals surface area (Å²) in [7, 11) is -4.04. The van der Waals surface area contributed by atoms with Gasteiger partial charge in [-0.25, -0.2) is 17.8 Å². The summed E-state index contributed by atoms with van der Waals surface area (Å²) in [4.78, 5) is 16.1.